The Morgan fingerprint density at radius 2 is 1.78 bits per heavy atom. The molecule has 0 aliphatic heterocycles. The average molecular weight is 304 g/mol. The maximum atomic E-state index is 9.27. The number of hydrogen-bond donors (Lipinski definition) is 0. The number of ether oxygens (including phenoxy) is 1. The maximum Gasteiger partial charge on any atom is 0.186 e. The highest BCUT2D eigenvalue weighted by Gasteiger charge is 2.14. The zero-order chi connectivity index (χ0) is 16.1. The Balaban J connectivity index is 1.89. The number of aryl methyl sites for hydroxylation is 1. The van der Waals surface area contributed by atoms with Gasteiger partial charge in [-0.1, -0.05) is 35.5 Å². The van der Waals surface area contributed by atoms with E-state index in [-0.39, 0.29) is 0 Å². The van der Waals surface area contributed by atoms with Crippen molar-refractivity contribution in [2.75, 3.05) is 7.11 Å². The molecule has 0 saturated heterocycles. The summed E-state index contributed by atoms with van der Waals surface area (Å²) in [6.45, 7) is 0. The minimum atomic E-state index is 0.372. The van der Waals surface area contributed by atoms with Gasteiger partial charge in [-0.2, -0.15) is 5.26 Å². The summed E-state index contributed by atoms with van der Waals surface area (Å²) in [5.74, 6) is 0.778. The SMILES string of the molecule is COc1ccc(-n2nnc(C#N)c2CCc2ccccc2)cc1. The van der Waals surface area contributed by atoms with Crippen LogP contribution >= 0.6 is 0 Å². The molecular weight excluding hydrogens is 288 g/mol. The highest BCUT2D eigenvalue weighted by Crippen LogP contribution is 2.18. The van der Waals surface area contributed by atoms with E-state index in [4.69, 9.17) is 4.74 Å². The van der Waals surface area contributed by atoms with E-state index in [2.05, 4.69) is 28.5 Å². The monoisotopic (exact) mass is 304 g/mol. The molecule has 3 rings (SSSR count). The standard InChI is InChI=1S/C18H16N4O/c1-23-16-10-8-15(9-11-16)22-18(17(13-19)20-21-22)12-7-14-5-3-2-4-6-14/h2-6,8-11H,7,12H2,1H3. The Hall–Kier alpha value is -3.13. The van der Waals surface area contributed by atoms with Crippen LogP contribution in [0.4, 0.5) is 0 Å². The first-order valence-corrected chi connectivity index (χ1v) is 7.35. The van der Waals surface area contributed by atoms with E-state index < -0.39 is 0 Å². The molecule has 0 bridgehead atoms. The normalized spacial score (nSPS) is 10.3. The quantitative estimate of drug-likeness (QED) is 0.727. The van der Waals surface area contributed by atoms with Gasteiger partial charge >= 0.3 is 0 Å². The summed E-state index contributed by atoms with van der Waals surface area (Å²) in [5, 5.41) is 17.4. The lowest BCUT2D eigenvalue weighted by atomic mass is 10.1. The van der Waals surface area contributed by atoms with Crippen LogP contribution < -0.4 is 4.74 Å². The van der Waals surface area contributed by atoms with Crippen molar-refractivity contribution in [3.8, 4) is 17.5 Å². The first kappa shape index (κ1) is 14.8. The molecule has 114 valence electrons. The number of nitrogens with zero attached hydrogens (tertiary/aromatic N) is 4. The summed E-state index contributed by atoms with van der Waals surface area (Å²) in [7, 11) is 1.63. The summed E-state index contributed by atoms with van der Waals surface area (Å²) in [5.41, 5.74) is 3.28. The van der Waals surface area contributed by atoms with Crippen molar-refractivity contribution >= 4 is 0 Å². The fraction of sp³-hybridized carbons (Fsp3) is 0.167. The Labute approximate surface area is 134 Å². The smallest absolute Gasteiger partial charge is 0.186 e. The van der Waals surface area contributed by atoms with Gasteiger partial charge in [0.05, 0.1) is 18.5 Å². The number of benzene rings is 2. The Bertz CT molecular complexity index is 816. The van der Waals surface area contributed by atoms with Crippen LogP contribution in [0.2, 0.25) is 0 Å². The molecule has 0 aliphatic rings. The van der Waals surface area contributed by atoms with E-state index in [1.807, 2.05) is 42.5 Å². The van der Waals surface area contributed by atoms with Gasteiger partial charge in [0.25, 0.3) is 0 Å². The molecule has 3 aromatic rings. The van der Waals surface area contributed by atoms with Gasteiger partial charge in [-0.25, -0.2) is 4.68 Å². The fourth-order valence-corrected chi connectivity index (χ4v) is 2.45. The van der Waals surface area contributed by atoms with E-state index in [0.29, 0.717) is 12.1 Å². The molecule has 1 heterocycles. The molecule has 0 amide bonds. The van der Waals surface area contributed by atoms with Crippen LogP contribution in [0.5, 0.6) is 5.75 Å². The summed E-state index contributed by atoms with van der Waals surface area (Å²) in [6, 6.07) is 19.8. The van der Waals surface area contributed by atoms with Crippen LogP contribution in [-0.2, 0) is 12.8 Å². The number of nitriles is 1. The van der Waals surface area contributed by atoms with E-state index in [1.165, 1.54) is 5.56 Å². The van der Waals surface area contributed by atoms with E-state index >= 15 is 0 Å². The van der Waals surface area contributed by atoms with Crippen molar-refractivity contribution in [1.29, 1.82) is 5.26 Å². The van der Waals surface area contributed by atoms with Gasteiger partial charge in [0, 0.05) is 0 Å². The van der Waals surface area contributed by atoms with Crippen LogP contribution in [0.1, 0.15) is 17.0 Å². The molecule has 0 saturated carbocycles. The minimum absolute atomic E-state index is 0.372. The van der Waals surface area contributed by atoms with Gasteiger partial charge in [-0.15, -0.1) is 5.10 Å². The van der Waals surface area contributed by atoms with Gasteiger partial charge in [0.15, 0.2) is 5.69 Å². The zero-order valence-electron chi connectivity index (χ0n) is 12.8. The van der Waals surface area contributed by atoms with Gasteiger partial charge in [0.1, 0.15) is 11.8 Å². The molecule has 0 unspecified atom stereocenters. The van der Waals surface area contributed by atoms with Crippen LogP contribution in [-0.4, -0.2) is 22.1 Å². The van der Waals surface area contributed by atoms with E-state index in [1.54, 1.807) is 11.8 Å². The van der Waals surface area contributed by atoms with Crippen molar-refractivity contribution in [1.82, 2.24) is 15.0 Å². The molecule has 1 aromatic heterocycles. The van der Waals surface area contributed by atoms with Gasteiger partial charge in [-0.3, -0.25) is 0 Å². The molecule has 23 heavy (non-hydrogen) atoms. The van der Waals surface area contributed by atoms with Crippen LogP contribution in [0.25, 0.3) is 5.69 Å². The predicted molar refractivity (Wildman–Crippen MR) is 86.5 cm³/mol. The highest BCUT2D eigenvalue weighted by atomic mass is 16.5. The third kappa shape index (κ3) is 3.22. The Morgan fingerprint density at radius 1 is 1.04 bits per heavy atom. The molecule has 0 spiro atoms. The second-order valence-electron chi connectivity index (χ2n) is 5.09. The average Bonchev–Trinajstić information content (AvgIpc) is 3.04. The van der Waals surface area contributed by atoms with Gasteiger partial charge < -0.3 is 4.74 Å². The molecule has 5 nitrogen and oxygen atoms in total. The summed E-state index contributed by atoms with van der Waals surface area (Å²) < 4.78 is 6.89. The third-order valence-electron chi connectivity index (χ3n) is 3.68. The van der Waals surface area contributed by atoms with Crippen molar-refractivity contribution in [3.05, 3.63) is 71.5 Å². The molecule has 0 fully saturated rings. The lowest BCUT2D eigenvalue weighted by Gasteiger charge is -2.07. The lowest BCUT2D eigenvalue weighted by Crippen LogP contribution is -2.05. The van der Waals surface area contributed by atoms with Crippen LogP contribution in [0.15, 0.2) is 54.6 Å². The molecule has 0 atom stereocenters. The summed E-state index contributed by atoms with van der Waals surface area (Å²) in [6.07, 6.45) is 1.53. The largest absolute Gasteiger partial charge is 0.497 e. The Morgan fingerprint density at radius 3 is 2.43 bits per heavy atom. The first-order chi connectivity index (χ1) is 11.3. The number of rotatable bonds is 5. The van der Waals surface area contributed by atoms with Crippen molar-refractivity contribution in [2.24, 2.45) is 0 Å². The molecule has 0 aliphatic carbocycles. The Kier molecular flexibility index (Phi) is 4.34. The first-order valence-electron chi connectivity index (χ1n) is 7.35. The fourth-order valence-electron chi connectivity index (χ4n) is 2.45. The number of methoxy groups -OCH3 is 1. The number of hydrogen-bond acceptors (Lipinski definition) is 4. The van der Waals surface area contributed by atoms with Crippen LogP contribution in [0.3, 0.4) is 0 Å². The molecule has 2 aromatic carbocycles. The summed E-state index contributed by atoms with van der Waals surface area (Å²) >= 11 is 0. The van der Waals surface area contributed by atoms with E-state index in [9.17, 15) is 5.26 Å². The van der Waals surface area contributed by atoms with Gasteiger partial charge in [0.2, 0.25) is 0 Å². The third-order valence-corrected chi connectivity index (χ3v) is 3.68. The highest BCUT2D eigenvalue weighted by molar-refractivity contribution is 5.40. The van der Waals surface area contributed by atoms with Crippen molar-refractivity contribution in [2.45, 2.75) is 12.8 Å². The molecule has 5 heteroatoms. The molecule has 0 radical (unpaired) electrons. The van der Waals surface area contributed by atoms with Gasteiger partial charge in [-0.05, 0) is 42.7 Å². The predicted octanol–water partition coefficient (Wildman–Crippen LogP) is 2.93. The topological polar surface area (TPSA) is 63.7 Å². The zero-order valence-corrected chi connectivity index (χ0v) is 12.8. The maximum absolute atomic E-state index is 9.27. The van der Waals surface area contributed by atoms with E-state index in [0.717, 1.165) is 23.6 Å². The lowest BCUT2D eigenvalue weighted by molar-refractivity contribution is 0.414. The second-order valence-corrected chi connectivity index (χ2v) is 5.09. The molecular formula is C18H16N4O. The van der Waals surface area contributed by atoms with Crippen molar-refractivity contribution in [3.63, 3.8) is 0 Å². The van der Waals surface area contributed by atoms with Crippen LogP contribution in [0, 0.1) is 11.3 Å². The number of aromatic nitrogens is 3. The minimum Gasteiger partial charge on any atom is -0.497 e. The van der Waals surface area contributed by atoms with Crippen molar-refractivity contribution < 1.29 is 4.74 Å². The molecule has 0 N–H and O–H groups in total. The second kappa shape index (κ2) is 6.75. The summed E-state index contributed by atoms with van der Waals surface area (Å²) in [4.78, 5) is 0.